The highest BCUT2D eigenvalue weighted by molar-refractivity contribution is 7.79. The molecule has 11 heteroatoms. The molecule has 6 N–H and O–H groups in total. The normalized spacial score (nSPS) is 10.0. The lowest BCUT2D eigenvalue weighted by Crippen LogP contribution is -2.33. The molecule has 0 rings (SSSR count). The summed E-state index contributed by atoms with van der Waals surface area (Å²) in [4.78, 5) is 29.3. The summed E-state index contributed by atoms with van der Waals surface area (Å²) in [6.07, 6.45) is 0. The zero-order chi connectivity index (χ0) is 11.0. The van der Waals surface area contributed by atoms with Crippen molar-refractivity contribution in [2.24, 2.45) is 0 Å². The van der Waals surface area contributed by atoms with Gasteiger partial charge < -0.3 is 19.2 Å². The molecule has 9 nitrogen and oxygen atoms in total. The Kier molecular flexibility index (Phi) is 10.3. The average molecular weight is 221 g/mol. The molecule has 0 aliphatic rings. The first-order chi connectivity index (χ1) is 5.00. The van der Waals surface area contributed by atoms with Crippen LogP contribution in [0.15, 0.2) is 0 Å². The Morgan fingerprint density at radius 1 is 1.00 bits per heavy atom. The second kappa shape index (κ2) is 7.09. The first-order valence-electron chi connectivity index (χ1n) is 1.85. The van der Waals surface area contributed by atoms with Gasteiger partial charge in [0.2, 0.25) is 0 Å². The average Bonchev–Trinajstić information content (AvgIpc) is 1.59. The van der Waals surface area contributed by atoms with Crippen LogP contribution >= 0.6 is 0 Å². The van der Waals surface area contributed by atoms with Gasteiger partial charge in [-0.2, -0.15) is 8.42 Å². The van der Waals surface area contributed by atoms with E-state index >= 15 is 0 Å². The van der Waals surface area contributed by atoms with Gasteiger partial charge in [0.25, 0.3) is 0 Å². The Morgan fingerprint density at radius 2 is 1.00 bits per heavy atom. The van der Waals surface area contributed by atoms with Gasteiger partial charge in [0.15, 0.2) is 0 Å². The minimum atomic E-state index is -4.67. The molecule has 0 spiro atoms. The predicted octanol–water partition coefficient (Wildman–Crippen LogP) is -3.12. The molecule has 0 aromatic rings. The van der Waals surface area contributed by atoms with Crippen molar-refractivity contribution in [2.45, 2.75) is 0 Å². The second-order valence-electron chi connectivity index (χ2n) is 1.05. The topological polar surface area (TPSA) is 179 Å². The van der Waals surface area contributed by atoms with Gasteiger partial charge in [-0.1, -0.05) is 0 Å². The van der Waals surface area contributed by atoms with Crippen LogP contribution < -0.4 is 0 Å². The number of rotatable bonds is 0. The lowest BCUT2D eigenvalue weighted by molar-refractivity contribution is 0.117. The van der Waals surface area contributed by atoms with Crippen molar-refractivity contribution >= 4 is 19.4 Å². The van der Waals surface area contributed by atoms with Crippen LogP contribution in [-0.4, -0.2) is 45.8 Å². The SMILES string of the molecule is C#N.O=S(=O)(O)O.O[Si](O)(O)O. The summed E-state index contributed by atoms with van der Waals surface area (Å²) in [5.74, 6) is 0. The van der Waals surface area contributed by atoms with E-state index in [4.69, 9.17) is 42.0 Å². The number of hydrogen-bond acceptors (Lipinski definition) is 7. The van der Waals surface area contributed by atoms with Gasteiger partial charge in [-0.3, -0.25) is 9.11 Å². The zero-order valence-electron chi connectivity index (χ0n) is 5.43. The van der Waals surface area contributed by atoms with E-state index in [1.54, 1.807) is 0 Å². The van der Waals surface area contributed by atoms with E-state index in [0.717, 1.165) is 0 Å². The van der Waals surface area contributed by atoms with E-state index < -0.39 is 19.4 Å². The Hall–Kier alpha value is -0.583. The summed E-state index contributed by atoms with van der Waals surface area (Å²) in [5.41, 5.74) is 0. The molecule has 0 unspecified atom stereocenters. The summed E-state index contributed by atoms with van der Waals surface area (Å²) in [5, 5.41) is 6.50. The highest BCUT2D eigenvalue weighted by atomic mass is 32.3. The number of nitriles is 1. The third kappa shape index (κ3) is 1960. The molecule has 0 saturated carbocycles. The summed E-state index contributed by atoms with van der Waals surface area (Å²) in [6, 6.07) is 0. The maximum atomic E-state index is 8.74. The standard InChI is InChI=1S/CHN.H2O4S.H4O4Si/c1-2;2*1-5(2,3)4/h1H;(H2,1,2,3,4);1-4H. The van der Waals surface area contributed by atoms with Crippen molar-refractivity contribution in [3.8, 4) is 6.57 Å². The molecule has 0 amide bonds. The monoisotopic (exact) mass is 221 g/mol. The lowest BCUT2D eigenvalue weighted by Gasteiger charge is -1.91. The van der Waals surface area contributed by atoms with Gasteiger partial charge in [0.05, 0.1) is 0 Å². The van der Waals surface area contributed by atoms with Gasteiger partial charge in [0.1, 0.15) is 0 Å². The molecule has 0 heterocycles. The fourth-order valence-electron chi connectivity index (χ4n) is 0. The molecule has 0 fully saturated rings. The first-order valence-corrected chi connectivity index (χ1v) is 5.04. The Balaban J connectivity index is -0.000000112. The number of nitrogens with zero attached hydrogens (tertiary/aromatic N) is 1. The molecule has 0 radical (unpaired) electrons. The summed E-state index contributed by atoms with van der Waals surface area (Å²) in [6.45, 7) is 3.50. The smallest absolute Gasteiger partial charge is 0.368 e. The third-order valence-electron chi connectivity index (χ3n) is 0. The highest BCUT2D eigenvalue weighted by Crippen LogP contribution is 1.67. The van der Waals surface area contributed by atoms with Gasteiger partial charge in [-0.15, -0.1) is 0 Å². The van der Waals surface area contributed by atoms with Crippen molar-refractivity contribution in [2.75, 3.05) is 0 Å². The van der Waals surface area contributed by atoms with Crippen molar-refractivity contribution < 1.29 is 36.7 Å². The molecule has 74 valence electrons. The largest absolute Gasteiger partial charge is 0.668 e. The van der Waals surface area contributed by atoms with Gasteiger partial charge in [-0.05, 0) is 0 Å². The second-order valence-corrected chi connectivity index (χ2v) is 3.14. The Labute approximate surface area is 68.8 Å². The molecule has 0 aromatic carbocycles. The van der Waals surface area contributed by atoms with Gasteiger partial charge in [0, 0.05) is 6.57 Å². The van der Waals surface area contributed by atoms with E-state index in [1.165, 1.54) is 0 Å². The van der Waals surface area contributed by atoms with Gasteiger partial charge >= 0.3 is 19.4 Å². The van der Waals surface area contributed by atoms with Crippen molar-refractivity contribution in [3.63, 3.8) is 0 Å². The van der Waals surface area contributed by atoms with E-state index in [2.05, 4.69) is 6.57 Å². The molecule has 0 atom stereocenters. The van der Waals surface area contributed by atoms with Crippen LogP contribution in [0.25, 0.3) is 0 Å². The molecule has 12 heavy (non-hydrogen) atoms. The molecule has 0 aliphatic carbocycles. The quantitative estimate of drug-likeness (QED) is 0.182. The van der Waals surface area contributed by atoms with E-state index in [1.807, 2.05) is 0 Å². The summed E-state index contributed by atoms with van der Waals surface area (Å²) in [7, 11) is -9.28. The van der Waals surface area contributed by atoms with E-state index in [0.29, 0.717) is 0 Å². The molecule has 0 saturated heterocycles. The maximum absolute atomic E-state index is 8.74. The predicted molar refractivity (Wildman–Crippen MR) is 35.5 cm³/mol. The van der Waals surface area contributed by atoms with Crippen LogP contribution in [-0.2, 0) is 10.4 Å². The molecule has 0 aliphatic heterocycles. The van der Waals surface area contributed by atoms with Crippen molar-refractivity contribution in [3.05, 3.63) is 0 Å². The molecular formula is CH7NO8SSi. The van der Waals surface area contributed by atoms with E-state index in [9.17, 15) is 0 Å². The third-order valence-corrected chi connectivity index (χ3v) is 0. The van der Waals surface area contributed by atoms with Crippen LogP contribution in [0.5, 0.6) is 0 Å². The van der Waals surface area contributed by atoms with Crippen LogP contribution in [0.2, 0.25) is 0 Å². The Morgan fingerprint density at radius 3 is 1.00 bits per heavy atom. The van der Waals surface area contributed by atoms with Crippen LogP contribution in [0, 0.1) is 11.8 Å². The molecule has 0 aromatic heterocycles. The lowest BCUT2D eigenvalue weighted by atomic mass is 11.9. The van der Waals surface area contributed by atoms with Gasteiger partial charge in [-0.25, -0.2) is 5.26 Å². The van der Waals surface area contributed by atoms with Crippen LogP contribution in [0.4, 0.5) is 0 Å². The minimum absolute atomic E-state index is 3.50. The summed E-state index contributed by atoms with van der Waals surface area (Å²) >= 11 is 0. The summed E-state index contributed by atoms with van der Waals surface area (Å²) < 4.78 is 31.6. The maximum Gasteiger partial charge on any atom is 0.668 e. The fraction of sp³-hybridized carbons (Fsp3) is 0. The van der Waals surface area contributed by atoms with Crippen LogP contribution in [0.3, 0.4) is 0 Å². The molecule has 0 bridgehead atoms. The van der Waals surface area contributed by atoms with Crippen LogP contribution in [0.1, 0.15) is 0 Å². The fourth-order valence-corrected chi connectivity index (χ4v) is 0. The first kappa shape index (κ1) is 17.5. The highest BCUT2D eigenvalue weighted by Gasteiger charge is 2.22. The van der Waals surface area contributed by atoms with Crippen molar-refractivity contribution in [1.29, 1.82) is 5.26 Å². The Bertz CT molecular complexity index is 185. The number of hydrogen-bond donors (Lipinski definition) is 6. The van der Waals surface area contributed by atoms with Crippen molar-refractivity contribution in [1.82, 2.24) is 0 Å². The van der Waals surface area contributed by atoms with E-state index in [-0.39, 0.29) is 0 Å². The molecular weight excluding hydrogens is 214 g/mol. The zero-order valence-corrected chi connectivity index (χ0v) is 7.25. The minimum Gasteiger partial charge on any atom is -0.368 e.